The summed E-state index contributed by atoms with van der Waals surface area (Å²) < 4.78 is 2.26. The van der Waals surface area contributed by atoms with Crippen molar-refractivity contribution in [1.82, 2.24) is 0 Å². The van der Waals surface area contributed by atoms with Crippen LogP contribution in [0.4, 0.5) is 0 Å². The van der Waals surface area contributed by atoms with E-state index in [1.165, 1.54) is 0 Å². The van der Waals surface area contributed by atoms with Gasteiger partial charge in [0.1, 0.15) is 5.75 Å². The van der Waals surface area contributed by atoms with Gasteiger partial charge in [0.2, 0.25) is 0 Å². The highest BCUT2D eigenvalue weighted by Gasteiger charge is 2.07. The number of hydrogen-bond acceptors (Lipinski definition) is 3. The van der Waals surface area contributed by atoms with E-state index >= 15 is 0 Å². The summed E-state index contributed by atoms with van der Waals surface area (Å²) in [4.78, 5) is 0. The first-order chi connectivity index (χ1) is 6.72. The van der Waals surface area contributed by atoms with Crippen molar-refractivity contribution in [2.24, 2.45) is 0 Å². The van der Waals surface area contributed by atoms with Gasteiger partial charge in [-0.15, -0.1) is 11.3 Å². The zero-order valence-corrected chi connectivity index (χ0v) is 10.1. The Morgan fingerprint density at radius 1 is 1.50 bits per heavy atom. The molecular formula is C10H6INOS. The Bertz CT molecular complexity index is 527. The second kappa shape index (κ2) is 3.75. The van der Waals surface area contributed by atoms with Gasteiger partial charge in [-0.25, -0.2) is 0 Å². The Kier molecular flexibility index (Phi) is 2.61. The van der Waals surface area contributed by atoms with Gasteiger partial charge in [0, 0.05) is 24.6 Å². The molecule has 70 valence electrons. The summed E-state index contributed by atoms with van der Waals surface area (Å²) in [6.07, 6.45) is 0.260. The number of phenols is 1. The van der Waals surface area contributed by atoms with Gasteiger partial charge in [-0.2, -0.15) is 5.26 Å². The first kappa shape index (κ1) is 9.74. The second-order valence-electron chi connectivity index (χ2n) is 2.90. The average Bonchev–Trinajstić information content (AvgIpc) is 2.50. The number of nitrogens with zero attached hydrogens (tertiary/aromatic N) is 1. The zero-order chi connectivity index (χ0) is 10.1. The number of fused-ring (bicyclic) bond motifs is 1. The van der Waals surface area contributed by atoms with Crippen molar-refractivity contribution >= 4 is 44.0 Å². The van der Waals surface area contributed by atoms with Gasteiger partial charge in [-0.05, 0) is 34.7 Å². The summed E-state index contributed by atoms with van der Waals surface area (Å²) in [7, 11) is 0. The zero-order valence-electron chi connectivity index (χ0n) is 7.12. The summed E-state index contributed by atoms with van der Waals surface area (Å²) in [6, 6.07) is 5.67. The summed E-state index contributed by atoms with van der Waals surface area (Å²) in [5.41, 5.74) is 0.707. The minimum absolute atomic E-state index is 0.218. The van der Waals surface area contributed by atoms with Gasteiger partial charge in [-0.1, -0.05) is 0 Å². The maximum atomic E-state index is 9.63. The van der Waals surface area contributed by atoms with Crippen molar-refractivity contribution in [3.05, 3.63) is 26.6 Å². The molecule has 2 nitrogen and oxygen atoms in total. The molecule has 0 fully saturated rings. The molecule has 0 spiro atoms. The third-order valence-corrected chi connectivity index (χ3v) is 4.26. The number of rotatable bonds is 1. The van der Waals surface area contributed by atoms with Gasteiger partial charge in [0.05, 0.1) is 12.5 Å². The maximum absolute atomic E-state index is 9.63. The van der Waals surface area contributed by atoms with Crippen molar-refractivity contribution < 1.29 is 5.11 Å². The summed E-state index contributed by atoms with van der Waals surface area (Å²) in [5.74, 6) is 0.218. The maximum Gasteiger partial charge on any atom is 0.120 e. The van der Waals surface area contributed by atoms with Crippen molar-refractivity contribution in [1.29, 1.82) is 5.26 Å². The molecule has 0 amide bonds. The van der Waals surface area contributed by atoms with E-state index < -0.39 is 0 Å². The molecule has 0 aliphatic heterocycles. The van der Waals surface area contributed by atoms with Gasteiger partial charge < -0.3 is 5.11 Å². The molecule has 0 saturated carbocycles. The van der Waals surface area contributed by atoms with Crippen LogP contribution in [0.5, 0.6) is 5.75 Å². The van der Waals surface area contributed by atoms with Crippen LogP contribution < -0.4 is 0 Å². The molecule has 1 aromatic carbocycles. The summed E-state index contributed by atoms with van der Waals surface area (Å²) in [5, 5.41) is 21.3. The van der Waals surface area contributed by atoms with Crippen LogP contribution in [0, 0.1) is 14.9 Å². The SMILES string of the molecule is N#CCc1cc2scc(I)c2cc1O. The number of hydrogen-bond donors (Lipinski definition) is 1. The van der Waals surface area contributed by atoms with E-state index in [0.29, 0.717) is 5.56 Å². The molecule has 1 N–H and O–H groups in total. The van der Waals surface area contributed by atoms with E-state index in [9.17, 15) is 5.11 Å². The molecule has 0 atom stereocenters. The monoisotopic (exact) mass is 315 g/mol. The predicted octanol–water partition coefficient (Wildman–Crippen LogP) is 3.28. The minimum Gasteiger partial charge on any atom is -0.508 e. The van der Waals surface area contributed by atoms with Crippen LogP contribution in [0.2, 0.25) is 0 Å². The Balaban J connectivity index is 2.67. The fraction of sp³-hybridized carbons (Fsp3) is 0.100. The highest BCUT2D eigenvalue weighted by molar-refractivity contribution is 14.1. The van der Waals surface area contributed by atoms with Gasteiger partial charge in [0.25, 0.3) is 0 Å². The van der Waals surface area contributed by atoms with Crippen molar-refractivity contribution in [3.8, 4) is 11.8 Å². The molecule has 4 heteroatoms. The molecule has 1 aromatic heterocycles. The van der Waals surface area contributed by atoms with Crippen molar-refractivity contribution in [3.63, 3.8) is 0 Å². The minimum atomic E-state index is 0.218. The van der Waals surface area contributed by atoms with Crippen LogP contribution in [0.15, 0.2) is 17.5 Å². The van der Waals surface area contributed by atoms with Crippen LogP contribution in [-0.2, 0) is 6.42 Å². The number of nitriles is 1. The quantitative estimate of drug-likeness (QED) is 0.821. The van der Waals surface area contributed by atoms with E-state index in [2.05, 4.69) is 22.6 Å². The number of phenolic OH excluding ortho intramolecular Hbond substituents is 1. The van der Waals surface area contributed by atoms with Gasteiger partial charge in [-0.3, -0.25) is 0 Å². The Morgan fingerprint density at radius 3 is 3.00 bits per heavy atom. The van der Waals surface area contributed by atoms with Gasteiger partial charge >= 0.3 is 0 Å². The first-order valence-electron chi connectivity index (χ1n) is 3.98. The molecule has 0 aliphatic rings. The van der Waals surface area contributed by atoms with Crippen molar-refractivity contribution in [2.45, 2.75) is 6.42 Å². The van der Waals surface area contributed by atoms with Crippen molar-refractivity contribution in [2.75, 3.05) is 0 Å². The fourth-order valence-corrected chi connectivity index (χ4v) is 3.17. The molecule has 2 aromatic rings. The molecule has 0 unspecified atom stereocenters. The third kappa shape index (κ3) is 1.57. The molecule has 0 aliphatic carbocycles. The number of aromatic hydroxyl groups is 1. The summed E-state index contributed by atoms with van der Waals surface area (Å²) in [6.45, 7) is 0. The van der Waals surface area contributed by atoms with Crippen LogP contribution >= 0.6 is 33.9 Å². The number of halogens is 1. The third-order valence-electron chi connectivity index (χ3n) is 2.00. The van der Waals surface area contributed by atoms with Crippen LogP contribution in [-0.4, -0.2) is 5.11 Å². The molecular weight excluding hydrogens is 309 g/mol. The lowest BCUT2D eigenvalue weighted by Crippen LogP contribution is -1.82. The Hall–Kier alpha value is -0.800. The highest BCUT2D eigenvalue weighted by Crippen LogP contribution is 2.32. The van der Waals surface area contributed by atoms with Crippen LogP contribution in [0.3, 0.4) is 0 Å². The lowest BCUT2D eigenvalue weighted by Gasteiger charge is -2.00. The van der Waals surface area contributed by atoms with E-state index in [4.69, 9.17) is 5.26 Å². The van der Waals surface area contributed by atoms with E-state index in [1.807, 2.05) is 17.5 Å². The Labute approximate surface area is 98.9 Å². The number of benzene rings is 1. The fourth-order valence-electron chi connectivity index (χ4n) is 1.30. The predicted molar refractivity (Wildman–Crippen MR) is 65.5 cm³/mol. The Morgan fingerprint density at radius 2 is 2.29 bits per heavy atom. The first-order valence-corrected chi connectivity index (χ1v) is 5.93. The standard InChI is InChI=1S/C10H6INOS/c11-8-5-14-10-3-6(1-2-12)9(13)4-7(8)10/h3-5,13H,1H2. The smallest absolute Gasteiger partial charge is 0.120 e. The lowest BCUT2D eigenvalue weighted by molar-refractivity contribution is 0.471. The molecule has 1 heterocycles. The normalized spacial score (nSPS) is 10.3. The summed E-state index contributed by atoms with van der Waals surface area (Å²) >= 11 is 3.87. The topological polar surface area (TPSA) is 44.0 Å². The lowest BCUT2D eigenvalue weighted by atomic mass is 10.1. The van der Waals surface area contributed by atoms with E-state index in [-0.39, 0.29) is 12.2 Å². The highest BCUT2D eigenvalue weighted by atomic mass is 127. The second-order valence-corrected chi connectivity index (χ2v) is 4.97. The van der Waals surface area contributed by atoms with E-state index in [1.54, 1.807) is 17.4 Å². The number of thiophene rings is 1. The van der Waals surface area contributed by atoms with E-state index in [0.717, 1.165) is 13.7 Å². The largest absolute Gasteiger partial charge is 0.508 e. The van der Waals surface area contributed by atoms with Crippen LogP contribution in [0.1, 0.15) is 5.56 Å². The molecule has 2 rings (SSSR count). The molecule has 0 radical (unpaired) electrons. The molecule has 0 bridgehead atoms. The van der Waals surface area contributed by atoms with Crippen LogP contribution in [0.25, 0.3) is 10.1 Å². The molecule has 14 heavy (non-hydrogen) atoms. The average molecular weight is 315 g/mol. The van der Waals surface area contributed by atoms with Gasteiger partial charge in [0.15, 0.2) is 0 Å². The molecule has 0 saturated heterocycles.